The third kappa shape index (κ3) is 2.45. The summed E-state index contributed by atoms with van der Waals surface area (Å²) in [5.74, 6) is 0.427. The summed E-state index contributed by atoms with van der Waals surface area (Å²) < 4.78 is 10.0. The molecule has 1 amide bonds. The molecule has 0 saturated carbocycles. The molecule has 1 atom stereocenters. The van der Waals surface area contributed by atoms with E-state index < -0.39 is 12.1 Å². The average Bonchev–Trinajstić information content (AvgIpc) is 2.51. The first kappa shape index (κ1) is 12.4. The van der Waals surface area contributed by atoms with E-state index in [1.54, 1.807) is 12.1 Å². The van der Waals surface area contributed by atoms with Gasteiger partial charge in [0.2, 0.25) is 0 Å². The first-order valence-corrected chi connectivity index (χ1v) is 5.74. The molecule has 0 radical (unpaired) electrons. The van der Waals surface area contributed by atoms with Crippen molar-refractivity contribution in [2.75, 3.05) is 13.7 Å². The second-order valence-electron chi connectivity index (χ2n) is 4.19. The number of benzene rings is 1. The maximum atomic E-state index is 12.3. The van der Waals surface area contributed by atoms with Crippen LogP contribution in [-0.2, 0) is 4.74 Å². The van der Waals surface area contributed by atoms with Crippen LogP contribution in [0.1, 0.15) is 22.3 Å². The van der Waals surface area contributed by atoms with E-state index in [2.05, 4.69) is 10.1 Å². The van der Waals surface area contributed by atoms with E-state index in [4.69, 9.17) is 4.74 Å². The third-order valence-electron chi connectivity index (χ3n) is 2.86. The van der Waals surface area contributed by atoms with Gasteiger partial charge in [0.1, 0.15) is 5.75 Å². The highest BCUT2D eigenvalue weighted by Gasteiger charge is 2.28. The lowest BCUT2D eigenvalue weighted by atomic mass is 10.0. The summed E-state index contributed by atoms with van der Waals surface area (Å²) in [6.07, 6.45) is -0.175. The van der Waals surface area contributed by atoms with Crippen molar-refractivity contribution in [1.82, 2.24) is 5.32 Å². The molecule has 0 bridgehead atoms. The Bertz CT molecular complexity index is 484. The zero-order valence-electron chi connectivity index (χ0n) is 10.4. The number of nitrogens with one attached hydrogen (secondary N) is 1. The molecule has 1 aliphatic heterocycles. The summed E-state index contributed by atoms with van der Waals surface area (Å²) in [5.41, 5.74) is 1.48. The largest absolute Gasteiger partial charge is 0.493 e. The molecule has 1 heterocycles. The quantitative estimate of drug-likeness (QED) is 0.822. The smallest absolute Gasteiger partial charge is 0.407 e. The van der Waals surface area contributed by atoms with Crippen LogP contribution in [0.5, 0.6) is 5.75 Å². The summed E-state index contributed by atoms with van der Waals surface area (Å²) in [7, 11) is 1.27. The van der Waals surface area contributed by atoms with Gasteiger partial charge in [-0.25, -0.2) is 4.79 Å². The molecule has 1 aromatic rings. The van der Waals surface area contributed by atoms with Gasteiger partial charge in [0.25, 0.3) is 0 Å². The van der Waals surface area contributed by atoms with Crippen LogP contribution in [0.25, 0.3) is 0 Å². The highest BCUT2D eigenvalue weighted by Crippen LogP contribution is 2.25. The molecule has 1 aromatic carbocycles. The minimum absolute atomic E-state index is 0.142. The number of amides is 1. The Balaban J connectivity index is 2.28. The highest BCUT2D eigenvalue weighted by atomic mass is 16.5. The molecule has 18 heavy (non-hydrogen) atoms. The molecule has 96 valence electrons. The topological polar surface area (TPSA) is 64.6 Å². The fourth-order valence-corrected chi connectivity index (χ4v) is 1.91. The number of hydrogen-bond donors (Lipinski definition) is 1. The summed E-state index contributed by atoms with van der Waals surface area (Å²) in [5, 5.41) is 2.53. The number of aryl methyl sites for hydroxylation is 1. The standard InChI is InChI=1S/C13H15NO4/c1-8-3-4-11-9(7-8)12(15)10(5-6-18-11)14-13(16)17-2/h3-4,7,10H,5-6H2,1-2H3,(H,14,16). The third-order valence-corrected chi connectivity index (χ3v) is 2.86. The fraction of sp³-hybridized carbons (Fsp3) is 0.385. The number of rotatable bonds is 1. The van der Waals surface area contributed by atoms with Gasteiger partial charge in [-0.1, -0.05) is 11.6 Å². The predicted octanol–water partition coefficient (Wildman–Crippen LogP) is 1.68. The lowest BCUT2D eigenvalue weighted by Crippen LogP contribution is -2.40. The van der Waals surface area contributed by atoms with Crippen molar-refractivity contribution in [3.8, 4) is 5.75 Å². The number of ether oxygens (including phenoxy) is 2. The SMILES string of the molecule is COC(=O)NC1CCOc2ccc(C)cc2C1=O. The molecule has 1 unspecified atom stereocenters. The summed E-state index contributed by atoms with van der Waals surface area (Å²) in [4.78, 5) is 23.5. The van der Waals surface area contributed by atoms with Crippen LogP contribution in [0.3, 0.4) is 0 Å². The van der Waals surface area contributed by atoms with Gasteiger partial charge in [-0.2, -0.15) is 0 Å². The normalized spacial score (nSPS) is 18.3. The molecule has 0 aromatic heterocycles. The monoisotopic (exact) mass is 249 g/mol. The van der Waals surface area contributed by atoms with E-state index >= 15 is 0 Å². The Hall–Kier alpha value is -2.04. The van der Waals surface area contributed by atoms with Crippen LogP contribution in [0.4, 0.5) is 4.79 Å². The molecule has 2 rings (SSSR count). The molecule has 1 N–H and O–H groups in total. The Morgan fingerprint density at radius 1 is 1.50 bits per heavy atom. The predicted molar refractivity (Wildman–Crippen MR) is 65.0 cm³/mol. The van der Waals surface area contributed by atoms with Gasteiger partial charge in [-0.05, 0) is 19.1 Å². The number of carbonyl (C=O) groups excluding carboxylic acids is 2. The lowest BCUT2D eigenvalue weighted by molar-refractivity contribution is 0.0928. The van der Waals surface area contributed by atoms with E-state index in [1.165, 1.54) is 7.11 Å². The summed E-state index contributed by atoms with van der Waals surface area (Å²) in [6, 6.07) is 4.85. The highest BCUT2D eigenvalue weighted by molar-refractivity contribution is 6.04. The number of carbonyl (C=O) groups is 2. The van der Waals surface area contributed by atoms with Crippen molar-refractivity contribution < 1.29 is 19.1 Å². The van der Waals surface area contributed by atoms with Crippen LogP contribution >= 0.6 is 0 Å². The maximum absolute atomic E-state index is 12.3. The molecule has 0 saturated heterocycles. The summed E-state index contributed by atoms with van der Waals surface area (Å²) in [6.45, 7) is 2.29. The number of ketones is 1. The van der Waals surface area contributed by atoms with E-state index in [-0.39, 0.29) is 5.78 Å². The van der Waals surface area contributed by atoms with Crippen molar-refractivity contribution in [3.05, 3.63) is 29.3 Å². The average molecular weight is 249 g/mol. The van der Waals surface area contributed by atoms with Gasteiger partial charge in [-0.15, -0.1) is 0 Å². The number of hydrogen-bond acceptors (Lipinski definition) is 4. The summed E-state index contributed by atoms with van der Waals surface area (Å²) >= 11 is 0. The molecule has 5 nitrogen and oxygen atoms in total. The van der Waals surface area contributed by atoms with E-state index in [9.17, 15) is 9.59 Å². The molecule has 0 aliphatic carbocycles. The Morgan fingerprint density at radius 3 is 3.00 bits per heavy atom. The van der Waals surface area contributed by atoms with Crippen molar-refractivity contribution in [2.24, 2.45) is 0 Å². The first-order valence-electron chi connectivity index (χ1n) is 5.74. The van der Waals surface area contributed by atoms with Crippen LogP contribution < -0.4 is 10.1 Å². The Labute approximate surface area is 105 Å². The molecule has 0 fully saturated rings. The van der Waals surface area contributed by atoms with E-state index in [0.717, 1.165) is 5.56 Å². The second-order valence-corrected chi connectivity index (χ2v) is 4.19. The van der Waals surface area contributed by atoms with Crippen molar-refractivity contribution in [3.63, 3.8) is 0 Å². The van der Waals surface area contributed by atoms with Crippen LogP contribution in [0.2, 0.25) is 0 Å². The van der Waals surface area contributed by atoms with E-state index in [0.29, 0.717) is 24.3 Å². The number of methoxy groups -OCH3 is 1. The fourth-order valence-electron chi connectivity index (χ4n) is 1.91. The van der Waals surface area contributed by atoms with Gasteiger partial charge in [-0.3, -0.25) is 4.79 Å². The maximum Gasteiger partial charge on any atom is 0.407 e. The van der Waals surface area contributed by atoms with Gasteiger partial charge in [0.05, 0.1) is 25.3 Å². The van der Waals surface area contributed by atoms with Crippen LogP contribution in [-0.4, -0.2) is 31.6 Å². The van der Waals surface area contributed by atoms with Gasteiger partial charge < -0.3 is 14.8 Å². The van der Waals surface area contributed by atoms with Crippen molar-refractivity contribution in [1.29, 1.82) is 0 Å². The lowest BCUT2D eigenvalue weighted by Gasteiger charge is -2.13. The zero-order chi connectivity index (χ0) is 13.1. The Morgan fingerprint density at radius 2 is 2.28 bits per heavy atom. The molecule has 0 spiro atoms. The molecular weight excluding hydrogens is 234 g/mol. The Kier molecular flexibility index (Phi) is 3.50. The van der Waals surface area contributed by atoms with Gasteiger partial charge >= 0.3 is 6.09 Å². The second kappa shape index (κ2) is 5.08. The minimum Gasteiger partial charge on any atom is -0.493 e. The van der Waals surface area contributed by atoms with Crippen LogP contribution in [0, 0.1) is 6.92 Å². The number of fused-ring (bicyclic) bond motifs is 1. The van der Waals surface area contributed by atoms with Gasteiger partial charge in [0, 0.05) is 6.42 Å². The van der Waals surface area contributed by atoms with Crippen LogP contribution in [0.15, 0.2) is 18.2 Å². The van der Waals surface area contributed by atoms with E-state index in [1.807, 2.05) is 13.0 Å². The molecule has 5 heteroatoms. The van der Waals surface area contributed by atoms with Crippen molar-refractivity contribution in [2.45, 2.75) is 19.4 Å². The molecular formula is C13H15NO4. The number of alkyl carbamates (subject to hydrolysis) is 1. The minimum atomic E-state index is -0.607. The first-order chi connectivity index (χ1) is 8.61. The van der Waals surface area contributed by atoms with Crippen molar-refractivity contribution >= 4 is 11.9 Å². The van der Waals surface area contributed by atoms with Gasteiger partial charge in [0.15, 0.2) is 5.78 Å². The molecule has 1 aliphatic rings. The number of Topliss-reactive ketones (excluding diaryl/α,β-unsaturated/α-hetero) is 1. The zero-order valence-corrected chi connectivity index (χ0v) is 10.4.